The van der Waals surface area contributed by atoms with E-state index in [1.54, 1.807) is 7.11 Å². The Morgan fingerprint density at radius 1 is 1.06 bits per heavy atom. The Hall–Kier alpha value is -3.19. The monoisotopic (exact) mass is 434 g/mol. The summed E-state index contributed by atoms with van der Waals surface area (Å²) in [5, 5.41) is 2.42. The zero-order chi connectivity index (χ0) is 22.6. The van der Waals surface area contributed by atoms with Crippen molar-refractivity contribution in [3.63, 3.8) is 0 Å². The lowest BCUT2D eigenvalue weighted by molar-refractivity contribution is -0.158. The van der Waals surface area contributed by atoms with Gasteiger partial charge in [-0.2, -0.15) is 0 Å². The summed E-state index contributed by atoms with van der Waals surface area (Å²) in [6, 6.07) is 13.5. The molecule has 0 aromatic heterocycles. The molecular weight excluding hydrogens is 408 g/mol. The number of methoxy groups -OCH3 is 1. The molecule has 2 aromatic carbocycles. The van der Waals surface area contributed by atoms with E-state index < -0.39 is 23.3 Å². The van der Waals surface area contributed by atoms with Gasteiger partial charge in [0.2, 0.25) is 11.8 Å². The number of nitrogens with zero attached hydrogens (tertiary/aromatic N) is 1. The van der Waals surface area contributed by atoms with Gasteiger partial charge in [-0.25, -0.2) is 0 Å². The van der Waals surface area contributed by atoms with E-state index >= 15 is 0 Å². The van der Waals surface area contributed by atoms with Gasteiger partial charge in [0.05, 0.1) is 31.8 Å². The summed E-state index contributed by atoms with van der Waals surface area (Å²) >= 11 is 0. The number of Topliss-reactive ketones (excluding diaryl/α,β-unsaturated/α-hetero) is 1. The summed E-state index contributed by atoms with van der Waals surface area (Å²) in [7, 11) is 1.64. The van der Waals surface area contributed by atoms with Crippen molar-refractivity contribution in [2.75, 3.05) is 18.6 Å². The number of morpholine rings is 1. The summed E-state index contributed by atoms with van der Waals surface area (Å²) in [6.07, 6.45) is -0.430. The molecule has 2 amide bonds. The Bertz CT molecular complexity index is 1090. The molecule has 0 saturated carbocycles. The maximum absolute atomic E-state index is 13.3. The molecule has 1 spiro atoms. The number of nitrogens with one attached hydrogen (secondary N) is 1. The maximum atomic E-state index is 13.3. The highest BCUT2D eigenvalue weighted by Gasteiger charge is 2.62. The molecule has 2 fully saturated rings. The highest BCUT2D eigenvalue weighted by Crippen LogP contribution is 2.48. The average Bonchev–Trinajstić information content (AvgIpc) is 2.77. The van der Waals surface area contributed by atoms with Crippen molar-refractivity contribution >= 4 is 23.3 Å². The minimum absolute atomic E-state index is 0.0581. The first kappa shape index (κ1) is 20.7. The van der Waals surface area contributed by atoms with Gasteiger partial charge in [-0.1, -0.05) is 24.3 Å². The molecule has 3 aliphatic heterocycles. The van der Waals surface area contributed by atoms with Crippen LogP contribution >= 0.6 is 0 Å². The van der Waals surface area contributed by atoms with Crippen LogP contribution in [0.25, 0.3) is 11.1 Å². The number of ether oxygens (including phenoxy) is 2. The quantitative estimate of drug-likeness (QED) is 0.578. The highest BCUT2D eigenvalue weighted by molar-refractivity contribution is 6.22. The minimum Gasteiger partial charge on any atom is -0.497 e. The average molecular weight is 434 g/mol. The second-order valence-corrected chi connectivity index (χ2v) is 8.95. The number of anilines is 1. The fourth-order valence-electron chi connectivity index (χ4n) is 5.58. The molecule has 166 valence electrons. The molecule has 0 unspecified atom stereocenters. The topological polar surface area (TPSA) is 84.9 Å². The SMILES string of the molecule is COc1ccc(-c2ccc3c(c2)N2C[C@@H](C)O[C@@H](C)[C@@H]2[C@@]2(C3)C(=O)CC(=O)NC2=O)cc1. The fourth-order valence-corrected chi connectivity index (χ4v) is 5.58. The summed E-state index contributed by atoms with van der Waals surface area (Å²) in [4.78, 5) is 40.5. The van der Waals surface area contributed by atoms with Crippen LogP contribution in [0.15, 0.2) is 42.5 Å². The van der Waals surface area contributed by atoms with Gasteiger partial charge in [0.25, 0.3) is 0 Å². The molecule has 0 radical (unpaired) electrons. The van der Waals surface area contributed by atoms with Crippen molar-refractivity contribution in [2.45, 2.75) is 44.9 Å². The number of ketones is 1. The molecule has 7 heteroatoms. The number of piperidine rings is 1. The van der Waals surface area contributed by atoms with Crippen molar-refractivity contribution in [3.8, 4) is 16.9 Å². The van der Waals surface area contributed by atoms with Crippen molar-refractivity contribution in [1.29, 1.82) is 0 Å². The third kappa shape index (κ3) is 3.03. The van der Waals surface area contributed by atoms with Crippen LogP contribution in [0, 0.1) is 5.41 Å². The molecule has 1 N–H and O–H groups in total. The Balaban J connectivity index is 1.63. The summed E-state index contributed by atoms with van der Waals surface area (Å²) in [6.45, 7) is 4.46. The van der Waals surface area contributed by atoms with E-state index in [1.165, 1.54) is 0 Å². The molecular formula is C25H26N2O5. The fraction of sp³-hybridized carbons (Fsp3) is 0.400. The highest BCUT2D eigenvalue weighted by atomic mass is 16.5. The van der Waals surface area contributed by atoms with E-state index in [2.05, 4.69) is 16.3 Å². The standard InChI is InChI=1S/C25H26N2O5/c1-14-13-27-20-10-17(16-6-8-19(31-3)9-7-16)4-5-18(20)12-25(23(27)15(2)32-14)21(28)11-22(29)26-24(25)30/h4-10,14-15,23H,11-13H2,1-3H3,(H,26,29,30)/t14-,15+,23-,25-/m1/s1. The van der Waals surface area contributed by atoms with Gasteiger partial charge in [0, 0.05) is 12.2 Å². The number of benzene rings is 2. The largest absolute Gasteiger partial charge is 0.497 e. The number of imide groups is 1. The molecule has 0 aliphatic carbocycles. The molecule has 32 heavy (non-hydrogen) atoms. The first-order valence-corrected chi connectivity index (χ1v) is 10.9. The Morgan fingerprint density at radius 3 is 2.47 bits per heavy atom. The number of amides is 2. The van der Waals surface area contributed by atoms with Gasteiger partial charge in [0.15, 0.2) is 5.78 Å². The van der Waals surface area contributed by atoms with Crippen LogP contribution in [0.1, 0.15) is 25.8 Å². The van der Waals surface area contributed by atoms with Gasteiger partial charge in [-0.05, 0) is 55.2 Å². The van der Waals surface area contributed by atoms with Crippen molar-refractivity contribution < 1.29 is 23.9 Å². The van der Waals surface area contributed by atoms with E-state index in [9.17, 15) is 14.4 Å². The predicted octanol–water partition coefficient (Wildman–Crippen LogP) is 2.50. The number of hydrogen-bond donors (Lipinski definition) is 1. The number of carbonyl (C=O) groups is 3. The number of fused-ring (bicyclic) bond motifs is 4. The van der Waals surface area contributed by atoms with Crippen molar-refractivity contribution in [2.24, 2.45) is 5.41 Å². The third-order valence-electron chi connectivity index (χ3n) is 6.95. The lowest BCUT2D eigenvalue weighted by Crippen LogP contribution is -2.72. The lowest BCUT2D eigenvalue weighted by atomic mass is 9.63. The third-order valence-corrected chi connectivity index (χ3v) is 6.95. The maximum Gasteiger partial charge on any atom is 0.242 e. The molecule has 2 saturated heterocycles. The van der Waals surface area contributed by atoms with E-state index in [1.807, 2.05) is 50.2 Å². The zero-order valence-electron chi connectivity index (χ0n) is 18.4. The lowest BCUT2D eigenvalue weighted by Gasteiger charge is -2.55. The number of carbonyl (C=O) groups excluding carboxylic acids is 3. The molecule has 3 heterocycles. The molecule has 4 atom stereocenters. The van der Waals surface area contributed by atoms with E-state index in [0.29, 0.717) is 6.54 Å². The molecule has 0 bridgehead atoms. The van der Waals surface area contributed by atoms with Gasteiger partial charge < -0.3 is 14.4 Å². The first-order chi connectivity index (χ1) is 15.3. The summed E-state index contributed by atoms with van der Waals surface area (Å²) in [5.41, 5.74) is 2.70. The zero-order valence-corrected chi connectivity index (χ0v) is 18.4. The molecule has 3 aliphatic rings. The Morgan fingerprint density at radius 2 is 1.78 bits per heavy atom. The van der Waals surface area contributed by atoms with Crippen molar-refractivity contribution in [3.05, 3.63) is 48.0 Å². The van der Waals surface area contributed by atoms with Crippen LogP contribution in [0.5, 0.6) is 5.75 Å². The Kier molecular flexibility index (Phi) is 4.82. The van der Waals surface area contributed by atoms with Gasteiger partial charge >= 0.3 is 0 Å². The normalized spacial score (nSPS) is 29.4. The van der Waals surface area contributed by atoms with Crippen LogP contribution < -0.4 is 15.0 Å². The molecule has 7 nitrogen and oxygen atoms in total. The second-order valence-electron chi connectivity index (χ2n) is 8.95. The van der Waals surface area contributed by atoms with Crippen LogP contribution in [0.3, 0.4) is 0 Å². The van der Waals surface area contributed by atoms with E-state index in [4.69, 9.17) is 9.47 Å². The summed E-state index contributed by atoms with van der Waals surface area (Å²) in [5.74, 6) is -0.573. The smallest absolute Gasteiger partial charge is 0.242 e. The number of rotatable bonds is 2. The van der Waals surface area contributed by atoms with Gasteiger partial charge in [-0.15, -0.1) is 0 Å². The first-order valence-electron chi connectivity index (χ1n) is 10.9. The van der Waals surface area contributed by atoms with E-state index in [-0.39, 0.29) is 30.8 Å². The molecule has 5 rings (SSSR count). The Labute approximate surface area is 186 Å². The van der Waals surface area contributed by atoms with Crippen molar-refractivity contribution in [1.82, 2.24) is 5.32 Å². The van der Waals surface area contributed by atoms with Gasteiger partial charge in [-0.3, -0.25) is 19.7 Å². The van der Waals surface area contributed by atoms with E-state index in [0.717, 1.165) is 28.1 Å². The van der Waals surface area contributed by atoms with Crippen LogP contribution in [-0.4, -0.2) is 49.5 Å². The number of hydrogen-bond acceptors (Lipinski definition) is 6. The second kappa shape index (κ2) is 7.45. The van der Waals surface area contributed by atoms with Gasteiger partial charge in [0.1, 0.15) is 11.2 Å². The molecule has 2 aromatic rings. The van der Waals surface area contributed by atoms with Crippen LogP contribution in [0.4, 0.5) is 5.69 Å². The summed E-state index contributed by atoms with van der Waals surface area (Å²) < 4.78 is 11.4. The minimum atomic E-state index is -1.33. The predicted molar refractivity (Wildman–Crippen MR) is 118 cm³/mol. The van der Waals surface area contributed by atoms with Crippen LogP contribution in [-0.2, 0) is 25.5 Å². The van der Waals surface area contributed by atoms with Crippen LogP contribution in [0.2, 0.25) is 0 Å².